The Balaban J connectivity index is 2.10. The number of nitriles is 1. The number of methoxy groups -OCH3 is 3. The summed E-state index contributed by atoms with van der Waals surface area (Å²) in [6.45, 7) is 1.27. The van der Waals surface area contributed by atoms with Crippen LogP contribution >= 0.6 is 0 Å². The molecule has 0 spiro atoms. The largest absolute Gasteiger partial charge is 0.493 e. The van der Waals surface area contributed by atoms with Crippen molar-refractivity contribution >= 4 is 18.0 Å². The first-order valence-electron chi connectivity index (χ1n) is 7.75. The second kappa shape index (κ2) is 9.35. The number of nitrogens with one attached hydrogen (secondary N) is 1. The summed E-state index contributed by atoms with van der Waals surface area (Å²) in [5.74, 6) is 2.01. The second-order valence-corrected chi connectivity index (χ2v) is 5.06. The molecule has 2 rings (SSSR count). The van der Waals surface area contributed by atoms with E-state index in [2.05, 4.69) is 10.3 Å². The molecule has 0 aliphatic rings. The van der Waals surface area contributed by atoms with Gasteiger partial charge in [0.05, 0.1) is 14.2 Å². The van der Waals surface area contributed by atoms with Gasteiger partial charge in [-0.05, 0) is 30.2 Å². The van der Waals surface area contributed by atoms with Crippen LogP contribution in [-0.4, -0.2) is 39.5 Å². The molecule has 7 heteroatoms. The maximum Gasteiger partial charge on any atom is 0.232 e. The van der Waals surface area contributed by atoms with Crippen LogP contribution < -0.4 is 14.8 Å². The first-order valence-corrected chi connectivity index (χ1v) is 7.75. The molecule has 0 bridgehead atoms. The Kier molecular flexibility index (Phi) is 6.87. The van der Waals surface area contributed by atoms with Crippen LogP contribution in [0.4, 0.5) is 5.88 Å². The molecule has 1 N–H and O–H groups in total. The summed E-state index contributed by atoms with van der Waals surface area (Å²) in [4.78, 5) is 4.15. The zero-order valence-electron chi connectivity index (χ0n) is 14.5. The molecule has 25 heavy (non-hydrogen) atoms. The molecule has 0 unspecified atom stereocenters. The topological polar surface area (TPSA) is 89.5 Å². The predicted molar refractivity (Wildman–Crippen MR) is 94.7 cm³/mol. The van der Waals surface area contributed by atoms with Gasteiger partial charge in [-0.2, -0.15) is 10.2 Å². The fourth-order valence-electron chi connectivity index (χ4n) is 2.15. The third-order valence-electron chi connectivity index (χ3n) is 3.39. The van der Waals surface area contributed by atoms with Gasteiger partial charge in [0, 0.05) is 26.3 Å². The fourth-order valence-corrected chi connectivity index (χ4v) is 2.15. The van der Waals surface area contributed by atoms with Crippen molar-refractivity contribution in [2.45, 2.75) is 6.42 Å². The molecule has 2 aromatic rings. The number of anilines is 1. The Morgan fingerprint density at radius 1 is 1.20 bits per heavy atom. The lowest BCUT2D eigenvalue weighted by Gasteiger charge is -2.07. The maximum absolute atomic E-state index is 9.15. The van der Waals surface area contributed by atoms with E-state index in [0.717, 1.165) is 12.0 Å². The molecule has 0 fully saturated rings. The molecule has 0 atom stereocenters. The lowest BCUT2D eigenvalue weighted by Crippen LogP contribution is -2.04. The highest BCUT2D eigenvalue weighted by Gasteiger charge is 2.11. The minimum atomic E-state index is 0.226. The van der Waals surface area contributed by atoms with Gasteiger partial charge in [0.15, 0.2) is 11.5 Å². The van der Waals surface area contributed by atoms with Crippen LogP contribution in [0.1, 0.15) is 23.6 Å². The highest BCUT2D eigenvalue weighted by molar-refractivity contribution is 5.68. The third kappa shape index (κ3) is 4.99. The molecule has 132 valence electrons. The summed E-state index contributed by atoms with van der Waals surface area (Å²) in [5, 5.41) is 12.2. The Morgan fingerprint density at radius 3 is 2.68 bits per heavy atom. The summed E-state index contributed by atoms with van der Waals surface area (Å²) in [6, 6.07) is 7.56. The van der Waals surface area contributed by atoms with Gasteiger partial charge in [-0.25, -0.2) is 0 Å². The van der Waals surface area contributed by atoms with Crippen molar-refractivity contribution in [3.8, 4) is 17.6 Å². The minimum absolute atomic E-state index is 0.226. The van der Waals surface area contributed by atoms with Crippen molar-refractivity contribution in [3.05, 3.63) is 35.3 Å². The van der Waals surface area contributed by atoms with E-state index < -0.39 is 0 Å². The van der Waals surface area contributed by atoms with Gasteiger partial charge in [-0.1, -0.05) is 6.07 Å². The molecule has 0 saturated carbocycles. The van der Waals surface area contributed by atoms with Crippen LogP contribution in [-0.2, 0) is 4.74 Å². The predicted octanol–water partition coefficient (Wildman–Crippen LogP) is 3.18. The fraction of sp³-hybridized carbons (Fsp3) is 0.333. The van der Waals surface area contributed by atoms with E-state index in [9.17, 15) is 0 Å². The Bertz CT molecular complexity index is 762. The van der Waals surface area contributed by atoms with Crippen LogP contribution in [0.2, 0.25) is 0 Å². The van der Waals surface area contributed by atoms with Gasteiger partial charge < -0.3 is 23.9 Å². The smallest absolute Gasteiger partial charge is 0.232 e. The van der Waals surface area contributed by atoms with Crippen LogP contribution in [0.5, 0.6) is 11.5 Å². The summed E-state index contributed by atoms with van der Waals surface area (Å²) < 4.78 is 21.0. The van der Waals surface area contributed by atoms with E-state index >= 15 is 0 Å². The minimum Gasteiger partial charge on any atom is -0.493 e. The number of rotatable bonds is 9. The van der Waals surface area contributed by atoms with Crippen LogP contribution in [0.25, 0.3) is 12.2 Å². The summed E-state index contributed by atoms with van der Waals surface area (Å²) in [7, 11) is 4.82. The standard InChI is InChI=1S/C18H21N3O4/c1-22-10-4-9-20-18-14(12-19)21-17(25-18)8-6-13-5-7-15(23-2)16(11-13)24-3/h5-8,11,20H,4,9-10H2,1-3H3/b8-6+. The van der Waals surface area contributed by atoms with Crippen molar-refractivity contribution in [2.24, 2.45) is 0 Å². The first kappa shape index (κ1) is 18.4. The van der Waals surface area contributed by atoms with Crippen LogP contribution in [0.3, 0.4) is 0 Å². The average Bonchev–Trinajstić information content (AvgIpc) is 3.05. The molecule has 1 heterocycles. The number of aromatic nitrogens is 1. The van der Waals surface area contributed by atoms with Gasteiger partial charge in [-0.15, -0.1) is 0 Å². The zero-order chi connectivity index (χ0) is 18.1. The average molecular weight is 343 g/mol. The van der Waals surface area contributed by atoms with E-state index in [4.69, 9.17) is 23.9 Å². The molecular weight excluding hydrogens is 322 g/mol. The van der Waals surface area contributed by atoms with Crippen LogP contribution in [0.15, 0.2) is 22.6 Å². The van der Waals surface area contributed by atoms with Crippen LogP contribution in [0, 0.1) is 11.3 Å². The highest BCUT2D eigenvalue weighted by Crippen LogP contribution is 2.28. The number of oxazole rings is 1. The molecule has 0 amide bonds. The number of hydrogen-bond acceptors (Lipinski definition) is 7. The van der Waals surface area contributed by atoms with Crippen molar-refractivity contribution in [2.75, 3.05) is 39.8 Å². The maximum atomic E-state index is 9.15. The van der Waals surface area contributed by atoms with Gasteiger partial charge in [0.1, 0.15) is 6.07 Å². The molecule has 0 aliphatic carbocycles. The second-order valence-electron chi connectivity index (χ2n) is 5.06. The van der Waals surface area contributed by atoms with Crippen molar-refractivity contribution in [3.63, 3.8) is 0 Å². The zero-order valence-corrected chi connectivity index (χ0v) is 14.5. The summed E-state index contributed by atoms with van der Waals surface area (Å²) >= 11 is 0. The van der Waals surface area contributed by atoms with Crippen molar-refractivity contribution in [1.82, 2.24) is 4.98 Å². The van der Waals surface area contributed by atoms with E-state index in [1.165, 1.54) is 0 Å². The normalized spacial score (nSPS) is 10.6. The Hall–Kier alpha value is -2.98. The first-order chi connectivity index (χ1) is 12.2. The number of nitrogens with zero attached hydrogens (tertiary/aromatic N) is 2. The molecule has 7 nitrogen and oxygen atoms in total. The van der Waals surface area contributed by atoms with E-state index in [-0.39, 0.29) is 5.69 Å². The highest BCUT2D eigenvalue weighted by atomic mass is 16.5. The lowest BCUT2D eigenvalue weighted by molar-refractivity contribution is 0.197. The number of ether oxygens (including phenoxy) is 3. The van der Waals surface area contributed by atoms with Gasteiger partial charge in [0.25, 0.3) is 0 Å². The lowest BCUT2D eigenvalue weighted by atomic mass is 10.2. The Morgan fingerprint density at radius 2 is 2.00 bits per heavy atom. The third-order valence-corrected chi connectivity index (χ3v) is 3.39. The molecule has 0 radical (unpaired) electrons. The summed E-state index contributed by atoms with van der Waals surface area (Å²) in [6.07, 6.45) is 4.32. The number of hydrogen-bond donors (Lipinski definition) is 1. The summed E-state index contributed by atoms with van der Waals surface area (Å²) in [5.41, 5.74) is 1.12. The molecule has 1 aromatic heterocycles. The quantitative estimate of drug-likeness (QED) is 0.699. The molecular formula is C18H21N3O4. The van der Waals surface area contributed by atoms with E-state index in [0.29, 0.717) is 36.4 Å². The monoisotopic (exact) mass is 343 g/mol. The number of benzene rings is 1. The van der Waals surface area contributed by atoms with Gasteiger partial charge in [0.2, 0.25) is 17.5 Å². The van der Waals surface area contributed by atoms with Crippen molar-refractivity contribution < 1.29 is 18.6 Å². The molecule has 0 saturated heterocycles. The van der Waals surface area contributed by atoms with E-state index in [1.54, 1.807) is 27.4 Å². The molecule has 1 aromatic carbocycles. The molecule has 0 aliphatic heterocycles. The van der Waals surface area contributed by atoms with E-state index in [1.807, 2.05) is 30.3 Å². The Labute approximate surface area is 146 Å². The SMILES string of the molecule is COCCCNc1oc(/C=C/c2ccc(OC)c(OC)c2)nc1C#N. The van der Waals surface area contributed by atoms with Crippen molar-refractivity contribution in [1.29, 1.82) is 5.26 Å². The van der Waals surface area contributed by atoms with Gasteiger partial charge in [-0.3, -0.25) is 0 Å². The van der Waals surface area contributed by atoms with Gasteiger partial charge >= 0.3 is 0 Å².